The summed E-state index contributed by atoms with van der Waals surface area (Å²) >= 11 is 0. The number of benzene rings is 1. The summed E-state index contributed by atoms with van der Waals surface area (Å²) in [7, 11) is 0. The van der Waals surface area contributed by atoms with Gasteiger partial charge in [0, 0.05) is 6.04 Å². The Labute approximate surface area is 106 Å². The Kier molecular flexibility index (Phi) is 3.65. The minimum absolute atomic E-state index is 0.0580. The van der Waals surface area contributed by atoms with Crippen molar-refractivity contribution in [2.45, 2.75) is 32.2 Å². The molecule has 2 atom stereocenters. The third-order valence-electron chi connectivity index (χ3n) is 3.30. The van der Waals surface area contributed by atoms with Crippen LogP contribution >= 0.6 is 0 Å². The quantitative estimate of drug-likeness (QED) is 0.839. The van der Waals surface area contributed by atoms with Gasteiger partial charge in [-0.15, -0.1) is 0 Å². The molecule has 0 saturated heterocycles. The Bertz CT molecular complexity index is 470. The molecule has 0 aromatic heterocycles. The lowest BCUT2D eigenvalue weighted by atomic mass is 10.1. The van der Waals surface area contributed by atoms with Gasteiger partial charge in [0.05, 0.1) is 11.1 Å². The van der Waals surface area contributed by atoms with Gasteiger partial charge in [0.1, 0.15) is 0 Å². The lowest BCUT2D eigenvalue weighted by Gasteiger charge is -2.07. The smallest absolute Gasteiger partial charge is 0.336 e. The molecule has 2 N–H and O–H groups in total. The van der Waals surface area contributed by atoms with E-state index in [0.29, 0.717) is 5.92 Å². The summed E-state index contributed by atoms with van der Waals surface area (Å²) in [6.45, 7) is 2.12. The lowest BCUT2D eigenvalue weighted by Crippen LogP contribution is -2.28. The van der Waals surface area contributed by atoms with E-state index in [1.165, 1.54) is 6.07 Å². The maximum absolute atomic E-state index is 12.0. The fraction of sp³-hybridized carbons (Fsp3) is 0.429. The number of rotatable bonds is 5. The molecule has 1 amide bonds. The fourth-order valence-corrected chi connectivity index (χ4v) is 2.23. The van der Waals surface area contributed by atoms with E-state index in [-0.39, 0.29) is 23.1 Å². The Morgan fingerprint density at radius 2 is 2.00 bits per heavy atom. The van der Waals surface area contributed by atoms with Crippen molar-refractivity contribution in [3.8, 4) is 0 Å². The van der Waals surface area contributed by atoms with Crippen LogP contribution in [0, 0.1) is 5.92 Å². The number of nitrogens with one attached hydrogen (secondary N) is 1. The number of hydrogen-bond donors (Lipinski definition) is 2. The van der Waals surface area contributed by atoms with Gasteiger partial charge in [-0.1, -0.05) is 25.5 Å². The number of carbonyl (C=O) groups excluding carboxylic acids is 1. The molecule has 2 unspecified atom stereocenters. The zero-order valence-electron chi connectivity index (χ0n) is 10.3. The number of carboxylic acids is 1. The van der Waals surface area contributed by atoms with Crippen LogP contribution in [0.15, 0.2) is 24.3 Å². The number of hydrogen-bond acceptors (Lipinski definition) is 2. The Balaban J connectivity index is 2.04. The maximum Gasteiger partial charge on any atom is 0.336 e. The minimum atomic E-state index is -1.07. The van der Waals surface area contributed by atoms with Gasteiger partial charge in [0.25, 0.3) is 5.91 Å². The van der Waals surface area contributed by atoms with Crippen molar-refractivity contribution in [3.63, 3.8) is 0 Å². The van der Waals surface area contributed by atoms with Crippen LogP contribution in [-0.2, 0) is 0 Å². The molecule has 18 heavy (non-hydrogen) atoms. The van der Waals surface area contributed by atoms with Gasteiger partial charge in [-0.25, -0.2) is 4.79 Å². The van der Waals surface area contributed by atoms with Crippen molar-refractivity contribution in [1.29, 1.82) is 0 Å². The van der Waals surface area contributed by atoms with E-state index in [2.05, 4.69) is 12.2 Å². The summed E-state index contributed by atoms with van der Waals surface area (Å²) in [4.78, 5) is 23.0. The summed E-state index contributed by atoms with van der Waals surface area (Å²) < 4.78 is 0. The highest BCUT2D eigenvalue weighted by Gasteiger charge is 2.37. The summed E-state index contributed by atoms with van der Waals surface area (Å²) in [6.07, 6.45) is 3.24. The lowest BCUT2D eigenvalue weighted by molar-refractivity contribution is 0.0691. The van der Waals surface area contributed by atoms with Crippen LogP contribution in [0.25, 0.3) is 0 Å². The molecule has 1 fully saturated rings. The second-order valence-electron chi connectivity index (χ2n) is 4.72. The average molecular weight is 247 g/mol. The molecule has 2 rings (SSSR count). The molecule has 1 saturated carbocycles. The van der Waals surface area contributed by atoms with E-state index in [0.717, 1.165) is 19.3 Å². The molecule has 4 heteroatoms. The molecule has 0 spiro atoms. The second kappa shape index (κ2) is 5.21. The van der Waals surface area contributed by atoms with Crippen molar-refractivity contribution in [2.75, 3.05) is 0 Å². The average Bonchev–Trinajstić information content (AvgIpc) is 3.07. The number of carboxylic acid groups (broad SMARTS) is 1. The van der Waals surface area contributed by atoms with Gasteiger partial charge in [-0.3, -0.25) is 4.79 Å². The van der Waals surface area contributed by atoms with Gasteiger partial charge in [0.15, 0.2) is 0 Å². The van der Waals surface area contributed by atoms with Crippen molar-refractivity contribution in [1.82, 2.24) is 5.32 Å². The molecule has 1 aliphatic rings. The fourth-order valence-electron chi connectivity index (χ4n) is 2.23. The van der Waals surface area contributed by atoms with E-state index >= 15 is 0 Å². The summed E-state index contributed by atoms with van der Waals surface area (Å²) in [5.74, 6) is -0.783. The van der Waals surface area contributed by atoms with E-state index in [1.54, 1.807) is 18.2 Å². The van der Waals surface area contributed by atoms with E-state index in [4.69, 9.17) is 5.11 Å². The van der Waals surface area contributed by atoms with Gasteiger partial charge in [0.2, 0.25) is 0 Å². The predicted octanol–water partition coefficient (Wildman–Crippen LogP) is 2.30. The van der Waals surface area contributed by atoms with Gasteiger partial charge < -0.3 is 10.4 Å². The standard InChI is InChI=1S/C14H17NO3/c1-2-5-9-8-12(9)15-13(16)10-6-3-4-7-11(10)14(17)18/h3-4,6-7,9,12H,2,5,8H2,1H3,(H,15,16)(H,17,18). The van der Waals surface area contributed by atoms with Gasteiger partial charge >= 0.3 is 5.97 Å². The highest BCUT2D eigenvalue weighted by Crippen LogP contribution is 2.34. The molecule has 0 bridgehead atoms. The van der Waals surface area contributed by atoms with Crippen LogP contribution < -0.4 is 5.32 Å². The molecule has 1 aromatic rings. The molecule has 96 valence electrons. The van der Waals surface area contributed by atoms with Crippen molar-refractivity contribution >= 4 is 11.9 Å². The van der Waals surface area contributed by atoms with Crippen LogP contribution in [0.4, 0.5) is 0 Å². The number of aromatic carboxylic acids is 1. The van der Waals surface area contributed by atoms with Crippen LogP contribution in [0.5, 0.6) is 0 Å². The number of amides is 1. The van der Waals surface area contributed by atoms with E-state index in [1.807, 2.05) is 0 Å². The highest BCUT2D eigenvalue weighted by molar-refractivity contribution is 6.04. The van der Waals surface area contributed by atoms with Crippen LogP contribution in [0.2, 0.25) is 0 Å². The summed E-state index contributed by atoms with van der Waals surface area (Å²) in [5.41, 5.74) is 0.301. The van der Waals surface area contributed by atoms with Crippen molar-refractivity contribution in [3.05, 3.63) is 35.4 Å². The van der Waals surface area contributed by atoms with E-state index in [9.17, 15) is 9.59 Å². The minimum Gasteiger partial charge on any atom is -0.478 e. The number of carbonyl (C=O) groups is 2. The first-order valence-electron chi connectivity index (χ1n) is 6.26. The monoisotopic (exact) mass is 247 g/mol. The van der Waals surface area contributed by atoms with Gasteiger partial charge in [-0.2, -0.15) is 0 Å². The molecule has 4 nitrogen and oxygen atoms in total. The first-order chi connectivity index (χ1) is 8.63. The topological polar surface area (TPSA) is 66.4 Å². The largest absolute Gasteiger partial charge is 0.478 e. The van der Waals surface area contributed by atoms with E-state index < -0.39 is 5.97 Å². The van der Waals surface area contributed by atoms with Crippen LogP contribution in [-0.4, -0.2) is 23.0 Å². The Morgan fingerprint density at radius 1 is 1.33 bits per heavy atom. The molecule has 0 radical (unpaired) electrons. The normalized spacial score (nSPS) is 21.4. The van der Waals surface area contributed by atoms with Crippen LogP contribution in [0.3, 0.4) is 0 Å². The zero-order valence-corrected chi connectivity index (χ0v) is 10.3. The second-order valence-corrected chi connectivity index (χ2v) is 4.72. The predicted molar refractivity (Wildman–Crippen MR) is 67.7 cm³/mol. The molecule has 1 aromatic carbocycles. The van der Waals surface area contributed by atoms with Crippen LogP contribution in [0.1, 0.15) is 46.9 Å². The molecule has 1 aliphatic carbocycles. The Hall–Kier alpha value is -1.84. The Morgan fingerprint density at radius 3 is 2.61 bits per heavy atom. The third-order valence-corrected chi connectivity index (χ3v) is 3.30. The summed E-state index contributed by atoms with van der Waals surface area (Å²) in [6, 6.07) is 6.53. The molecular weight excluding hydrogens is 230 g/mol. The highest BCUT2D eigenvalue weighted by atomic mass is 16.4. The maximum atomic E-state index is 12.0. The zero-order chi connectivity index (χ0) is 13.1. The molecular formula is C14H17NO3. The first kappa shape index (κ1) is 12.6. The van der Waals surface area contributed by atoms with Gasteiger partial charge in [-0.05, 0) is 30.9 Å². The first-order valence-corrected chi connectivity index (χ1v) is 6.26. The summed E-state index contributed by atoms with van der Waals surface area (Å²) in [5, 5.41) is 11.9. The molecule has 0 heterocycles. The third kappa shape index (κ3) is 2.70. The van der Waals surface area contributed by atoms with Crippen molar-refractivity contribution < 1.29 is 14.7 Å². The molecule has 0 aliphatic heterocycles. The van der Waals surface area contributed by atoms with Crippen molar-refractivity contribution in [2.24, 2.45) is 5.92 Å². The SMILES string of the molecule is CCCC1CC1NC(=O)c1ccccc1C(=O)O.